The monoisotopic (exact) mass is 327 g/mol. The van der Waals surface area contributed by atoms with Gasteiger partial charge < -0.3 is 30.2 Å². The molecule has 0 bridgehead atoms. The van der Waals surface area contributed by atoms with Crippen LogP contribution in [0.2, 0.25) is 0 Å². The van der Waals surface area contributed by atoms with Gasteiger partial charge in [0.2, 0.25) is 5.75 Å². The minimum atomic E-state index is -1.24. The summed E-state index contributed by atoms with van der Waals surface area (Å²) < 4.78 is 15.6. The Morgan fingerprint density at radius 3 is 1.91 bits per heavy atom. The molecule has 0 aliphatic rings. The highest BCUT2D eigenvalue weighted by Gasteiger charge is 2.25. The van der Waals surface area contributed by atoms with Gasteiger partial charge in [0, 0.05) is 0 Å². The van der Waals surface area contributed by atoms with Crippen LogP contribution in [0.15, 0.2) is 12.1 Å². The van der Waals surface area contributed by atoms with Crippen LogP contribution in [0.5, 0.6) is 17.2 Å². The van der Waals surface area contributed by atoms with E-state index in [9.17, 15) is 14.7 Å². The lowest BCUT2D eigenvalue weighted by atomic mass is 9.92. The summed E-state index contributed by atoms with van der Waals surface area (Å²) in [7, 11) is 4.37. The molecule has 128 valence electrons. The zero-order valence-corrected chi connectivity index (χ0v) is 13.2. The van der Waals surface area contributed by atoms with E-state index in [1.165, 1.54) is 21.3 Å². The molecular weight excluding hydrogens is 306 g/mol. The third kappa shape index (κ3) is 4.75. The summed E-state index contributed by atoms with van der Waals surface area (Å²) in [6.45, 7) is 0. The maximum Gasteiger partial charge on any atom is 0.320 e. The van der Waals surface area contributed by atoms with Gasteiger partial charge >= 0.3 is 11.9 Å². The molecule has 0 spiro atoms. The number of hydrogen-bond donors (Lipinski definition) is 3. The molecule has 0 aromatic heterocycles. The average molecular weight is 327 g/mol. The molecule has 1 aromatic carbocycles. The van der Waals surface area contributed by atoms with Gasteiger partial charge in [0.15, 0.2) is 11.5 Å². The summed E-state index contributed by atoms with van der Waals surface area (Å²) in [6, 6.07) is 2.02. The molecule has 0 saturated carbocycles. The van der Waals surface area contributed by atoms with Crippen molar-refractivity contribution in [3.63, 3.8) is 0 Å². The lowest BCUT2D eigenvalue weighted by molar-refractivity contribution is -0.143. The Kier molecular flexibility index (Phi) is 6.65. The Morgan fingerprint density at radius 1 is 1.04 bits per heavy atom. The van der Waals surface area contributed by atoms with Crippen molar-refractivity contribution in [1.29, 1.82) is 0 Å². The smallest absolute Gasteiger partial charge is 0.320 e. The Labute approximate surface area is 133 Å². The van der Waals surface area contributed by atoms with Gasteiger partial charge in [-0.05, 0) is 30.5 Å². The lowest BCUT2D eigenvalue weighted by Gasteiger charge is -2.17. The van der Waals surface area contributed by atoms with Crippen LogP contribution in [0, 0.1) is 5.92 Å². The van der Waals surface area contributed by atoms with Crippen LogP contribution < -0.4 is 19.9 Å². The van der Waals surface area contributed by atoms with Crippen LogP contribution >= 0.6 is 0 Å². The molecule has 0 aliphatic heterocycles. The molecule has 0 radical (unpaired) electrons. The zero-order chi connectivity index (χ0) is 17.6. The first kappa shape index (κ1) is 18.6. The van der Waals surface area contributed by atoms with Crippen molar-refractivity contribution < 1.29 is 34.0 Å². The van der Waals surface area contributed by atoms with Crippen molar-refractivity contribution >= 4 is 11.9 Å². The standard InChI is InChI=1S/C15H21NO7/c1-21-11-5-8(6-12(22-2)13(11)23-3)4-9(14(17)18)7-10(16)15(19)20/h5-6,9-10H,4,7,16H2,1-3H3,(H,17,18)(H,19,20)/t9-,10+/m0/s1. The fourth-order valence-electron chi connectivity index (χ4n) is 2.22. The molecule has 8 heteroatoms. The largest absolute Gasteiger partial charge is 0.493 e. The van der Waals surface area contributed by atoms with Crippen LogP contribution in [-0.2, 0) is 16.0 Å². The number of nitrogens with two attached hydrogens (primary N) is 1. The first-order valence-corrected chi connectivity index (χ1v) is 6.84. The van der Waals surface area contributed by atoms with E-state index < -0.39 is 23.9 Å². The molecule has 0 heterocycles. The molecule has 1 aromatic rings. The molecule has 1 rings (SSSR count). The second-order valence-corrected chi connectivity index (χ2v) is 4.95. The fraction of sp³-hybridized carbons (Fsp3) is 0.467. The van der Waals surface area contributed by atoms with Crippen LogP contribution in [0.4, 0.5) is 0 Å². The number of benzene rings is 1. The maximum atomic E-state index is 11.4. The molecule has 0 amide bonds. The first-order valence-electron chi connectivity index (χ1n) is 6.84. The predicted molar refractivity (Wildman–Crippen MR) is 81.2 cm³/mol. The highest BCUT2D eigenvalue weighted by atomic mass is 16.5. The summed E-state index contributed by atoms with van der Waals surface area (Å²) in [4.78, 5) is 22.2. The van der Waals surface area contributed by atoms with E-state index in [-0.39, 0.29) is 12.8 Å². The van der Waals surface area contributed by atoms with Gasteiger partial charge in [-0.3, -0.25) is 9.59 Å². The van der Waals surface area contributed by atoms with Crippen molar-refractivity contribution in [1.82, 2.24) is 0 Å². The summed E-state index contributed by atoms with van der Waals surface area (Å²) in [5.74, 6) is -2.10. The van der Waals surface area contributed by atoms with Gasteiger partial charge in [0.25, 0.3) is 0 Å². The quantitative estimate of drug-likeness (QED) is 0.606. The van der Waals surface area contributed by atoms with Gasteiger partial charge in [-0.25, -0.2) is 0 Å². The van der Waals surface area contributed by atoms with Crippen molar-refractivity contribution in [3.8, 4) is 17.2 Å². The van der Waals surface area contributed by atoms with E-state index in [0.717, 1.165) is 0 Å². The normalized spacial score (nSPS) is 13.0. The average Bonchev–Trinajstić information content (AvgIpc) is 2.52. The highest BCUT2D eigenvalue weighted by Crippen LogP contribution is 2.38. The minimum Gasteiger partial charge on any atom is -0.493 e. The number of rotatable bonds is 9. The summed E-state index contributed by atoms with van der Waals surface area (Å²) in [6.07, 6.45) is -0.0889. The summed E-state index contributed by atoms with van der Waals surface area (Å²) in [5, 5.41) is 18.1. The zero-order valence-electron chi connectivity index (χ0n) is 13.2. The van der Waals surface area contributed by atoms with Crippen LogP contribution in [0.3, 0.4) is 0 Å². The Morgan fingerprint density at radius 2 is 1.57 bits per heavy atom. The highest BCUT2D eigenvalue weighted by molar-refractivity contribution is 5.76. The van der Waals surface area contributed by atoms with E-state index in [1.54, 1.807) is 12.1 Å². The van der Waals surface area contributed by atoms with Gasteiger partial charge in [0.1, 0.15) is 6.04 Å². The van der Waals surface area contributed by atoms with Gasteiger partial charge in [0.05, 0.1) is 27.2 Å². The van der Waals surface area contributed by atoms with E-state index in [4.69, 9.17) is 25.1 Å². The summed E-state index contributed by atoms with van der Waals surface area (Å²) in [5.41, 5.74) is 6.05. The number of methoxy groups -OCH3 is 3. The molecule has 0 saturated heterocycles. The van der Waals surface area contributed by atoms with Gasteiger partial charge in [-0.2, -0.15) is 0 Å². The van der Waals surface area contributed by atoms with Crippen molar-refractivity contribution in [2.45, 2.75) is 18.9 Å². The van der Waals surface area contributed by atoms with E-state index in [1.807, 2.05) is 0 Å². The SMILES string of the molecule is COc1cc(C[C@@H](C[C@@H](N)C(=O)O)C(=O)O)cc(OC)c1OC. The Bertz CT molecular complexity index is 548. The minimum absolute atomic E-state index is 0.0903. The second kappa shape index (κ2) is 8.23. The second-order valence-electron chi connectivity index (χ2n) is 4.95. The van der Waals surface area contributed by atoms with Gasteiger partial charge in [-0.1, -0.05) is 0 Å². The predicted octanol–water partition coefficient (Wildman–Crippen LogP) is 0.758. The molecule has 0 aliphatic carbocycles. The number of aliphatic carboxylic acids is 2. The number of hydrogen-bond acceptors (Lipinski definition) is 6. The van der Waals surface area contributed by atoms with Gasteiger partial charge in [-0.15, -0.1) is 0 Å². The molecule has 0 fully saturated rings. The molecule has 23 heavy (non-hydrogen) atoms. The van der Waals surface area contributed by atoms with E-state index in [0.29, 0.717) is 22.8 Å². The Hall–Kier alpha value is -2.48. The summed E-state index contributed by atoms with van der Waals surface area (Å²) >= 11 is 0. The van der Waals surface area contributed by atoms with Crippen LogP contribution in [0.1, 0.15) is 12.0 Å². The maximum absolute atomic E-state index is 11.4. The number of ether oxygens (including phenoxy) is 3. The number of carbonyl (C=O) groups is 2. The molecule has 8 nitrogen and oxygen atoms in total. The molecule has 2 atom stereocenters. The van der Waals surface area contributed by atoms with Crippen molar-refractivity contribution in [2.75, 3.05) is 21.3 Å². The van der Waals surface area contributed by atoms with E-state index >= 15 is 0 Å². The molecule has 4 N–H and O–H groups in total. The first-order chi connectivity index (χ1) is 10.8. The third-order valence-corrected chi connectivity index (χ3v) is 3.41. The third-order valence-electron chi connectivity index (χ3n) is 3.41. The number of carboxylic acid groups (broad SMARTS) is 2. The molecule has 0 unspecified atom stereocenters. The van der Waals surface area contributed by atoms with Crippen molar-refractivity contribution in [2.24, 2.45) is 11.7 Å². The topological polar surface area (TPSA) is 128 Å². The number of carboxylic acids is 2. The van der Waals surface area contributed by atoms with Crippen LogP contribution in [-0.4, -0.2) is 49.5 Å². The lowest BCUT2D eigenvalue weighted by Crippen LogP contribution is -2.35. The van der Waals surface area contributed by atoms with E-state index in [2.05, 4.69) is 0 Å². The Balaban J connectivity index is 3.09. The fourth-order valence-corrected chi connectivity index (χ4v) is 2.22. The molecular formula is C15H21NO7. The van der Waals surface area contributed by atoms with Crippen LogP contribution in [0.25, 0.3) is 0 Å². The van der Waals surface area contributed by atoms with Crippen molar-refractivity contribution in [3.05, 3.63) is 17.7 Å².